The monoisotopic (exact) mass is 68.0 g/mol. The second-order valence-corrected chi connectivity index (χ2v) is 0.814. The first-order valence-electron chi connectivity index (χ1n) is 1.99. The molecule has 1 aromatic rings. The first-order valence-corrected chi connectivity index (χ1v) is 1.49. The Hall–Kier alpha value is -0.720. The van der Waals surface area contributed by atoms with Gasteiger partial charge in [-0.25, -0.2) is 0 Å². The zero-order chi connectivity index (χ0) is 4.41. The predicted molar refractivity (Wildman–Crippen MR) is 20.8 cm³/mol. The zero-order valence-electron chi connectivity index (χ0n) is 3.73. The largest absolute Gasteiger partial charge is 0.368 e. The average Bonchev–Trinajstić information content (AvgIpc) is 1.86. The van der Waals surface area contributed by atoms with E-state index < -0.39 is 0 Å². The average molecular weight is 68.1 g/mol. The van der Waals surface area contributed by atoms with Crippen LogP contribution in [0.15, 0.2) is 24.5 Å². The van der Waals surface area contributed by atoms with Crippen molar-refractivity contribution in [1.29, 1.82) is 0 Å². The first kappa shape index (κ1) is 1.65. The van der Waals surface area contributed by atoms with Crippen LogP contribution in [0, 0.1) is 0 Å². The molecule has 1 N–H and O–H groups in total. The highest BCUT2D eigenvalue weighted by atomic mass is 14.6. The van der Waals surface area contributed by atoms with Crippen molar-refractivity contribution in [3.8, 4) is 0 Å². The highest BCUT2D eigenvalue weighted by molar-refractivity contribution is 4.84. The molecule has 0 aliphatic rings. The summed E-state index contributed by atoms with van der Waals surface area (Å²) in [6.45, 7) is 0. The fourth-order valence-corrected chi connectivity index (χ4v) is 0.241. The van der Waals surface area contributed by atoms with Gasteiger partial charge in [-0.2, -0.15) is 0 Å². The summed E-state index contributed by atoms with van der Waals surface area (Å²) in [6, 6.07) is 3.49. The van der Waals surface area contributed by atoms with E-state index in [1.165, 1.54) is 0 Å². The van der Waals surface area contributed by atoms with Gasteiger partial charge in [0.05, 0.1) is 1.37 Å². The van der Waals surface area contributed by atoms with Gasteiger partial charge in [-0.3, -0.25) is 0 Å². The van der Waals surface area contributed by atoms with Crippen LogP contribution >= 0.6 is 0 Å². The molecule has 0 fully saturated rings. The molecule has 1 nitrogen and oxygen atoms in total. The summed E-state index contributed by atoms with van der Waals surface area (Å²) in [5.74, 6) is 0. The molecule has 0 bridgehead atoms. The van der Waals surface area contributed by atoms with E-state index in [-0.39, 0.29) is 0 Å². The number of aromatic nitrogens is 1. The second-order valence-electron chi connectivity index (χ2n) is 0.814. The number of hydrogen-bond acceptors (Lipinski definition) is 0. The third-order valence-electron chi connectivity index (χ3n) is 0.442. The van der Waals surface area contributed by atoms with Gasteiger partial charge in [-0.15, -0.1) is 0 Å². The van der Waals surface area contributed by atoms with Gasteiger partial charge in [-0.1, -0.05) is 0 Å². The maximum absolute atomic E-state index is 6.82. The molecule has 0 spiro atoms. The normalized spacial score (nSPS) is 10.8. The molecule has 0 aromatic carbocycles. The fraction of sp³-hybridized carbons (Fsp3) is 0. The molecule has 0 saturated heterocycles. The maximum atomic E-state index is 6.82. The summed E-state index contributed by atoms with van der Waals surface area (Å²) in [5.41, 5.74) is 0. The van der Waals surface area contributed by atoms with Crippen molar-refractivity contribution in [3.05, 3.63) is 24.5 Å². The van der Waals surface area contributed by atoms with Gasteiger partial charge in [0.15, 0.2) is 0 Å². The zero-order valence-corrected chi connectivity index (χ0v) is 2.73. The van der Waals surface area contributed by atoms with Crippen molar-refractivity contribution in [2.45, 2.75) is 0 Å². The molecule has 0 radical (unpaired) electrons. The Kier molecular flexibility index (Phi) is 0.307. The van der Waals surface area contributed by atoms with Crippen LogP contribution in [-0.2, 0) is 0 Å². The van der Waals surface area contributed by atoms with Crippen molar-refractivity contribution in [2.75, 3.05) is 0 Å². The fourth-order valence-electron chi connectivity index (χ4n) is 0.241. The van der Waals surface area contributed by atoms with Crippen molar-refractivity contribution < 1.29 is 1.37 Å². The minimum atomic E-state index is 0.468. The lowest BCUT2D eigenvalue weighted by Crippen LogP contribution is -1.38. The van der Waals surface area contributed by atoms with Gasteiger partial charge in [0.25, 0.3) is 0 Å². The van der Waals surface area contributed by atoms with Gasteiger partial charge in [-0.05, 0) is 12.1 Å². The maximum Gasteiger partial charge on any atom is 0.0815 e. The molecular weight excluding hydrogens is 62.1 g/mol. The van der Waals surface area contributed by atoms with E-state index in [1.54, 1.807) is 18.3 Å². The van der Waals surface area contributed by atoms with Crippen molar-refractivity contribution in [2.24, 2.45) is 0 Å². The summed E-state index contributed by atoms with van der Waals surface area (Å²) in [6.07, 6.45) is 2.19. The minimum Gasteiger partial charge on any atom is -0.368 e. The highest BCUT2D eigenvalue weighted by Gasteiger charge is 1.55. The van der Waals surface area contributed by atoms with E-state index >= 15 is 0 Å². The Morgan fingerprint density at radius 2 is 2.60 bits per heavy atom. The number of rotatable bonds is 0. The molecule has 0 saturated carbocycles. The lowest BCUT2D eigenvalue weighted by Gasteiger charge is -1.49. The van der Waals surface area contributed by atoms with Crippen LogP contribution in [0.1, 0.15) is 1.37 Å². The first-order chi connectivity index (χ1) is 2.89. The SMILES string of the molecule is [2H]c1ccc[nH]1. The van der Waals surface area contributed by atoms with E-state index in [1.807, 2.05) is 0 Å². The van der Waals surface area contributed by atoms with Gasteiger partial charge < -0.3 is 4.98 Å². The number of H-pyrrole nitrogens is 1. The molecule has 1 rings (SSSR count). The predicted octanol–water partition coefficient (Wildman–Crippen LogP) is 1.01. The Bertz CT molecular complexity index is 111. The molecular formula is C4H5N. The Morgan fingerprint density at radius 3 is 2.80 bits per heavy atom. The van der Waals surface area contributed by atoms with Crippen LogP contribution in [-0.4, -0.2) is 4.98 Å². The molecule has 0 amide bonds. The smallest absolute Gasteiger partial charge is 0.0815 e. The van der Waals surface area contributed by atoms with Gasteiger partial charge in [0.1, 0.15) is 0 Å². The molecule has 0 aliphatic heterocycles. The second kappa shape index (κ2) is 0.931. The molecule has 0 atom stereocenters. The van der Waals surface area contributed by atoms with Crippen LogP contribution in [0.2, 0.25) is 0 Å². The molecule has 1 aromatic heterocycles. The Labute approximate surface area is 32.0 Å². The summed E-state index contributed by atoms with van der Waals surface area (Å²) >= 11 is 0. The third-order valence-corrected chi connectivity index (χ3v) is 0.442. The van der Waals surface area contributed by atoms with Crippen molar-refractivity contribution in [3.63, 3.8) is 0 Å². The summed E-state index contributed by atoms with van der Waals surface area (Å²) in [5, 5.41) is 0. The third kappa shape index (κ3) is 0.293. The van der Waals surface area contributed by atoms with E-state index in [0.29, 0.717) is 6.17 Å². The topological polar surface area (TPSA) is 15.8 Å². The van der Waals surface area contributed by atoms with Gasteiger partial charge >= 0.3 is 0 Å². The lowest BCUT2D eigenvalue weighted by atomic mass is 10.7. The molecule has 26 valence electrons. The van der Waals surface area contributed by atoms with Crippen LogP contribution in [0.25, 0.3) is 0 Å². The summed E-state index contributed by atoms with van der Waals surface area (Å²) in [7, 11) is 0. The van der Waals surface area contributed by atoms with Gasteiger partial charge in [0.2, 0.25) is 0 Å². The molecule has 0 unspecified atom stereocenters. The van der Waals surface area contributed by atoms with Crippen molar-refractivity contribution >= 4 is 0 Å². The summed E-state index contributed by atoms with van der Waals surface area (Å²) < 4.78 is 6.82. The number of hydrogen-bond donors (Lipinski definition) is 1. The van der Waals surface area contributed by atoms with Crippen LogP contribution < -0.4 is 0 Å². The quantitative estimate of drug-likeness (QED) is 0.467. The Balaban J connectivity index is 3.05. The van der Waals surface area contributed by atoms with E-state index in [0.717, 1.165) is 0 Å². The van der Waals surface area contributed by atoms with Crippen molar-refractivity contribution in [1.82, 2.24) is 4.98 Å². The van der Waals surface area contributed by atoms with E-state index in [2.05, 4.69) is 4.98 Å². The molecule has 1 heterocycles. The Morgan fingerprint density at radius 1 is 1.60 bits per heavy atom. The molecule has 1 heteroatoms. The van der Waals surface area contributed by atoms with E-state index in [9.17, 15) is 0 Å². The molecule has 0 aliphatic carbocycles. The van der Waals surface area contributed by atoms with Crippen LogP contribution in [0.4, 0.5) is 0 Å². The summed E-state index contributed by atoms with van der Waals surface area (Å²) in [4.78, 5) is 2.67. The number of nitrogens with one attached hydrogen (secondary N) is 1. The van der Waals surface area contributed by atoms with E-state index in [4.69, 9.17) is 1.37 Å². The van der Waals surface area contributed by atoms with Crippen LogP contribution in [0.5, 0.6) is 0 Å². The number of aromatic amines is 1. The highest BCUT2D eigenvalue weighted by Crippen LogP contribution is 1.72. The lowest BCUT2D eigenvalue weighted by molar-refractivity contribution is 1.42. The minimum absolute atomic E-state index is 0.468. The van der Waals surface area contributed by atoms with Crippen LogP contribution in [0.3, 0.4) is 0 Å². The molecule has 5 heavy (non-hydrogen) atoms. The van der Waals surface area contributed by atoms with Gasteiger partial charge in [0, 0.05) is 12.4 Å². The standard InChI is InChI=1S/C4H5N/c1-2-4-5-3-1/h1-5H/i3D.